The van der Waals surface area contributed by atoms with Gasteiger partial charge in [0.15, 0.2) is 0 Å². The van der Waals surface area contributed by atoms with Gasteiger partial charge >= 0.3 is 0 Å². The molecule has 1 aromatic rings. The minimum atomic E-state index is -0.270. The van der Waals surface area contributed by atoms with E-state index in [9.17, 15) is 9.59 Å². The van der Waals surface area contributed by atoms with Gasteiger partial charge in [-0.3, -0.25) is 14.5 Å². The fraction of sp³-hybridized carbons (Fsp3) is 0.308. The van der Waals surface area contributed by atoms with Crippen molar-refractivity contribution in [3.05, 3.63) is 24.3 Å². The van der Waals surface area contributed by atoms with E-state index in [0.717, 1.165) is 0 Å². The average Bonchev–Trinajstić information content (AvgIpc) is 2.61. The lowest BCUT2D eigenvalue weighted by atomic mass is 10.1. The monoisotopic (exact) mass is 278 g/mol. The Labute approximate surface area is 116 Å². The molecule has 2 N–H and O–H groups in total. The van der Waals surface area contributed by atoms with Crippen LogP contribution < -0.4 is 15.4 Å². The number of carbonyl (C=O) groups is 2. The average molecular weight is 278 g/mol. The Bertz CT molecular complexity index is 544. The molecule has 19 heavy (non-hydrogen) atoms. The maximum Gasteiger partial charge on any atom is 0.237 e. The molecule has 0 spiro atoms. The highest BCUT2D eigenvalue weighted by molar-refractivity contribution is 7.80. The molecule has 1 aliphatic rings. The van der Waals surface area contributed by atoms with Crippen molar-refractivity contribution in [3.8, 4) is 5.75 Å². The Balaban J connectivity index is 2.21. The molecule has 1 saturated heterocycles. The summed E-state index contributed by atoms with van der Waals surface area (Å²) in [5.41, 5.74) is 5.86. The first kappa shape index (κ1) is 13.5. The number of nitrogens with two attached hydrogens (primary N) is 1. The van der Waals surface area contributed by atoms with Crippen LogP contribution in [-0.4, -0.2) is 23.4 Å². The molecule has 0 aliphatic carbocycles. The van der Waals surface area contributed by atoms with E-state index in [-0.39, 0.29) is 35.7 Å². The van der Waals surface area contributed by atoms with Crippen LogP contribution in [-0.2, 0) is 9.59 Å². The highest BCUT2D eigenvalue weighted by Gasteiger charge is 2.36. The largest absolute Gasteiger partial charge is 0.486 e. The molecular formula is C13H14N2O3S. The van der Waals surface area contributed by atoms with Crippen molar-refractivity contribution in [2.75, 3.05) is 11.5 Å². The summed E-state index contributed by atoms with van der Waals surface area (Å²) >= 11 is 4.72. The highest BCUT2D eigenvalue weighted by atomic mass is 32.1. The van der Waals surface area contributed by atoms with E-state index in [1.54, 1.807) is 31.2 Å². The summed E-state index contributed by atoms with van der Waals surface area (Å²) in [7, 11) is 0. The van der Waals surface area contributed by atoms with Gasteiger partial charge in [-0.2, -0.15) is 0 Å². The number of anilines is 1. The van der Waals surface area contributed by atoms with Gasteiger partial charge in [-0.1, -0.05) is 25.2 Å². The number of carbonyl (C=O) groups excluding carboxylic acids is 2. The number of amides is 2. The summed E-state index contributed by atoms with van der Waals surface area (Å²) < 4.78 is 5.35. The fourth-order valence-electron chi connectivity index (χ4n) is 1.92. The number of nitrogens with zero attached hydrogens (tertiary/aromatic N) is 1. The summed E-state index contributed by atoms with van der Waals surface area (Å²) in [5, 5.41) is 0. The topological polar surface area (TPSA) is 72.6 Å². The van der Waals surface area contributed by atoms with Gasteiger partial charge in [0, 0.05) is 18.4 Å². The first-order valence-corrected chi connectivity index (χ1v) is 6.28. The van der Waals surface area contributed by atoms with Crippen LogP contribution in [0.25, 0.3) is 0 Å². The molecular weight excluding hydrogens is 264 g/mol. The minimum absolute atomic E-state index is 0.122. The van der Waals surface area contributed by atoms with Gasteiger partial charge in [-0.25, -0.2) is 0 Å². The molecule has 0 saturated carbocycles. The second-order valence-electron chi connectivity index (χ2n) is 4.42. The predicted octanol–water partition coefficient (Wildman–Crippen LogP) is 1.25. The fourth-order valence-corrected chi connectivity index (χ4v) is 1.98. The van der Waals surface area contributed by atoms with Crippen molar-refractivity contribution in [1.82, 2.24) is 0 Å². The SMILES string of the molecule is CC1CC(=O)N(c2cccc(OCC(N)=S)c2)C1=O. The third-order valence-corrected chi connectivity index (χ3v) is 2.95. The molecule has 1 fully saturated rings. The first-order chi connectivity index (χ1) is 8.99. The zero-order valence-electron chi connectivity index (χ0n) is 10.5. The van der Waals surface area contributed by atoms with Crippen molar-refractivity contribution in [2.24, 2.45) is 11.7 Å². The summed E-state index contributed by atoms with van der Waals surface area (Å²) in [5.74, 6) is -0.125. The van der Waals surface area contributed by atoms with Gasteiger partial charge in [0.2, 0.25) is 11.8 Å². The maximum absolute atomic E-state index is 11.9. The van der Waals surface area contributed by atoms with E-state index in [2.05, 4.69) is 0 Å². The molecule has 1 atom stereocenters. The standard InChI is InChI=1S/C13H14N2O3S/c1-8-5-12(16)15(13(8)17)9-3-2-4-10(6-9)18-7-11(14)19/h2-4,6,8H,5,7H2,1H3,(H2,14,19). The Morgan fingerprint density at radius 2 is 2.26 bits per heavy atom. The van der Waals surface area contributed by atoms with Crippen LogP contribution in [0.4, 0.5) is 5.69 Å². The van der Waals surface area contributed by atoms with E-state index in [1.165, 1.54) is 4.90 Å². The van der Waals surface area contributed by atoms with Crippen molar-refractivity contribution >= 4 is 34.7 Å². The lowest BCUT2D eigenvalue weighted by Gasteiger charge is -2.15. The van der Waals surface area contributed by atoms with E-state index < -0.39 is 0 Å². The van der Waals surface area contributed by atoms with E-state index in [0.29, 0.717) is 11.4 Å². The van der Waals surface area contributed by atoms with Gasteiger partial charge in [0.25, 0.3) is 0 Å². The highest BCUT2D eigenvalue weighted by Crippen LogP contribution is 2.28. The molecule has 2 rings (SSSR count). The van der Waals surface area contributed by atoms with E-state index in [4.69, 9.17) is 22.7 Å². The molecule has 1 aliphatic heterocycles. The molecule has 6 heteroatoms. The van der Waals surface area contributed by atoms with E-state index in [1.807, 2.05) is 0 Å². The van der Waals surface area contributed by atoms with Gasteiger partial charge in [-0.05, 0) is 12.1 Å². The van der Waals surface area contributed by atoms with Crippen LogP contribution >= 0.6 is 12.2 Å². The number of hydrogen-bond acceptors (Lipinski definition) is 4. The Morgan fingerprint density at radius 3 is 2.84 bits per heavy atom. The summed E-state index contributed by atoms with van der Waals surface area (Å²) in [6.45, 7) is 1.87. The summed E-state index contributed by atoms with van der Waals surface area (Å²) in [6, 6.07) is 6.76. The quantitative estimate of drug-likeness (QED) is 0.663. The predicted molar refractivity (Wildman–Crippen MR) is 75.0 cm³/mol. The minimum Gasteiger partial charge on any atom is -0.486 e. The van der Waals surface area contributed by atoms with Crippen LogP contribution in [0.3, 0.4) is 0 Å². The van der Waals surface area contributed by atoms with Crippen LogP contribution in [0.15, 0.2) is 24.3 Å². The van der Waals surface area contributed by atoms with Crippen molar-refractivity contribution in [1.29, 1.82) is 0 Å². The second-order valence-corrected chi connectivity index (χ2v) is 4.95. The van der Waals surface area contributed by atoms with Gasteiger partial charge in [0.05, 0.1) is 5.69 Å². The zero-order chi connectivity index (χ0) is 14.0. The first-order valence-electron chi connectivity index (χ1n) is 5.87. The van der Waals surface area contributed by atoms with Crippen molar-refractivity contribution in [2.45, 2.75) is 13.3 Å². The van der Waals surface area contributed by atoms with Gasteiger partial charge in [0.1, 0.15) is 17.3 Å². The molecule has 1 heterocycles. The second kappa shape index (κ2) is 5.36. The third kappa shape index (κ3) is 2.90. The number of thiocarbonyl (C=S) groups is 1. The molecule has 1 aromatic carbocycles. The summed E-state index contributed by atoms with van der Waals surface area (Å²) in [6.07, 6.45) is 0.247. The smallest absolute Gasteiger partial charge is 0.237 e. The normalized spacial score (nSPS) is 18.8. The molecule has 100 valence electrons. The zero-order valence-corrected chi connectivity index (χ0v) is 11.3. The molecule has 5 nitrogen and oxygen atoms in total. The lowest BCUT2D eigenvalue weighted by molar-refractivity contribution is -0.122. The van der Waals surface area contributed by atoms with Gasteiger partial charge < -0.3 is 10.5 Å². The third-order valence-electron chi connectivity index (χ3n) is 2.83. The molecule has 2 amide bonds. The molecule has 0 aromatic heterocycles. The van der Waals surface area contributed by atoms with E-state index >= 15 is 0 Å². The number of rotatable bonds is 4. The number of benzene rings is 1. The Hall–Kier alpha value is -1.95. The molecule has 0 bridgehead atoms. The van der Waals surface area contributed by atoms with Crippen LogP contribution in [0.1, 0.15) is 13.3 Å². The number of ether oxygens (including phenoxy) is 1. The van der Waals surface area contributed by atoms with Crippen LogP contribution in [0.2, 0.25) is 0 Å². The summed E-state index contributed by atoms with van der Waals surface area (Å²) in [4.78, 5) is 25.1. The van der Waals surface area contributed by atoms with Gasteiger partial charge in [-0.15, -0.1) is 0 Å². The van der Waals surface area contributed by atoms with Crippen molar-refractivity contribution in [3.63, 3.8) is 0 Å². The molecule has 0 radical (unpaired) electrons. The lowest BCUT2D eigenvalue weighted by Crippen LogP contribution is -2.30. The maximum atomic E-state index is 11.9. The number of imide groups is 1. The Morgan fingerprint density at radius 1 is 1.53 bits per heavy atom. The van der Waals surface area contributed by atoms with Crippen molar-refractivity contribution < 1.29 is 14.3 Å². The van der Waals surface area contributed by atoms with Crippen LogP contribution in [0.5, 0.6) is 5.75 Å². The Kier molecular flexibility index (Phi) is 3.80. The molecule has 1 unspecified atom stereocenters. The number of hydrogen-bond donors (Lipinski definition) is 1. The van der Waals surface area contributed by atoms with Crippen LogP contribution in [0, 0.1) is 5.92 Å².